The number of carboxylic acid groups (broad SMARTS) is 5. The molecule has 3 amide bonds. The van der Waals surface area contributed by atoms with Crippen LogP contribution in [-0.4, -0.2) is 96.6 Å². The van der Waals surface area contributed by atoms with Crippen LogP contribution >= 0.6 is 0 Å². The number of hydrogen-bond acceptors (Lipinski definition) is 11. The number of aliphatic carboxylic acids is 5. The summed E-state index contributed by atoms with van der Waals surface area (Å²) in [5.41, 5.74) is 12.2. The SMILES string of the molecule is NCc1cc(COc2ccc(CCN(C(=O)CC[C@H](NC(=O)CC[C@@H](C(=O)O)[C@H](CCC(=O)O)C(=O)O)C(=O)O)[C@@H](CCC(N)=O)C(=O)O)cc2)co1. The van der Waals surface area contributed by atoms with Crippen LogP contribution in [0.4, 0.5) is 0 Å². The highest BCUT2D eigenvalue weighted by molar-refractivity contribution is 5.87. The maximum Gasteiger partial charge on any atom is 0.326 e. The van der Waals surface area contributed by atoms with E-state index in [2.05, 4.69) is 5.32 Å². The molecule has 4 atom stereocenters. The fourth-order valence-corrected chi connectivity index (χ4v) is 5.42. The van der Waals surface area contributed by atoms with E-state index in [9.17, 15) is 58.8 Å². The van der Waals surface area contributed by atoms with E-state index in [1.807, 2.05) is 0 Å². The molecular formula is C34H44N4O15. The molecule has 0 saturated heterocycles. The van der Waals surface area contributed by atoms with Crippen molar-refractivity contribution in [2.24, 2.45) is 23.3 Å². The van der Waals surface area contributed by atoms with Crippen LogP contribution in [-0.2, 0) is 57.9 Å². The molecule has 290 valence electrons. The molecule has 1 heterocycles. The summed E-state index contributed by atoms with van der Waals surface area (Å²) >= 11 is 0. The quantitative estimate of drug-likeness (QED) is 0.0659. The van der Waals surface area contributed by atoms with E-state index in [1.54, 1.807) is 30.3 Å². The average Bonchev–Trinajstić information content (AvgIpc) is 3.56. The molecule has 19 nitrogen and oxygen atoms in total. The molecule has 53 heavy (non-hydrogen) atoms. The summed E-state index contributed by atoms with van der Waals surface area (Å²) in [6, 6.07) is 5.33. The molecular weight excluding hydrogens is 704 g/mol. The molecule has 0 fully saturated rings. The lowest BCUT2D eigenvalue weighted by molar-refractivity contribution is -0.155. The van der Waals surface area contributed by atoms with Gasteiger partial charge in [0.05, 0.1) is 24.6 Å². The number of carbonyl (C=O) groups excluding carboxylic acids is 3. The zero-order valence-electron chi connectivity index (χ0n) is 28.7. The summed E-state index contributed by atoms with van der Waals surface area (Å²) in [7, 11) is 0. The predicted molar refractivity (Wildman–Crippen MR) is 180 cm³/mol. The summed E-state index contributed by atoms with van der Waals surface area (Å²) in [6.07, 6.45) is -2.40. The van der Waals surface area contributed by atoms with E-state index < -0.39 is 110 Å². The Morgan fingerprint density at radius 1 is 0.755 bits per heavy atom. The highest BCUT2D eigenvalue weighted by Crippen LogP contribution is 2.24. The molecule has 2 rings (SSSR count). The third-order valence-corrected chi connectivity index (χ3v) is 8.28. The Labute approximate surface area is 302 Å². The molecule has 0 aliphatic rings. The van der Waals surface area contributed by atoms with Crippen LogP contribution in [0.1, 0.15) is 68.3 Å². The van der Waals surface area contributed by atoms with Gasteiger partial charge >= 0.3 is 29.8 Å². The van der Waals surface area contributed by atoms with Gasteiger partial charge in [-0.05, 0) is 55.9 Å². The first-order chi connectivity index (χ1) is 25.0. The van der Waals surface area contributed by atoms with E-state index in [-0.39, 0.29) is 39.0 Å². The van der Waals surface area contributed by atoms with Crippen molar-refractivity contribution in [3.8, 4) is 5.75 Å². The van der Waals surface area contributed by atoms with Crippen LogP contribution < -0.4 is 21.5 Å². The Balaban J connectivity index is 2.10. The molecule has 0 spiro atoms. The number of amides is 3. The van der Waals surface area contributed by atoms with Gasteiger partial charge in [-0.15, -0.1) is 0 Å². The summed E-state index contributed by atoms with van der Waals surface area (Å²) in [5.74, 6) is -12.2. The molecule has 0 bridgehead atoms. The van der Waals surface area contributed by atoms with Crippen LogP contribution in [0.5, 0.6) is 5.75 Å². The fraction of sp³-hybridized carbons (Fsp3) is 0.471. The summed E-state index contributed by atoms with van der Waals surface area (Å²) in [6.45, 7) is 0.301. The molecule has 0 unspecified atom stereocenters. The van der Waals surface area contributed by atoms with Gasteiger partial charge in [0.25, 0.3) is 0 Å². The van der Waals surface area contributed by atoms with E-state index in [0.717, 1.165) is 10.5 Å². The minimum Gasteiger partial charge on any atom is -0.489 e. The number of carbonyl (C=O) groups is 8. The van der Waals surface area contributed by atoms with Gasteiger partial charge in [0, 0.05) is 37.8 Å². The van der Waals surface area contributed by atoms with E-state index in [4.69, 9.17) is 25.7 Å². The van der Waals surface area contributed by atoms with Crippen molar-refractivity contribution < 1.29 is 73.0 Å². The number of carboxylic acids is 5. The average molecular weight is 749 g/mol. The minimum atomic E-state index is -1.68. The smallest absolute Gasteiger partial charge is 0.326 e. The van der Waals surface area contributed by atoms with E-state index in [1.165, 1.54) is 6.26 Å². The van der Waals surface area contributed by atoms with Gasteiger partial charge in [0.1, 0.15) is 30.2 Å². The van der Waals surface area contributed by atoms with Crippen molar-refractivity contribution in [2.45, 2.75) is 83.0 Å². The fourth-order valence-electron chi connectivity index (χ4n) is 5.42. The summed E-state index contributed by atoms with van der Waals surface area (Å²) < 4.78 is 11.0. The van der Waals surface area contributed by atoms with Crippen molar-refractivity contribution in [2.75, 3.05) is 6.54 Å². The summed E-state index contributed by atoms with van der Waals surface area (Å²) in [4.78, 5) is 97.0. The monoisotopic (exact) mass is 748 g/mol. The van der Waals surface area contributed by atoms with Gasteiger partial charge < -0.3 is 56.4 Å². The van der Waals surface area contributed by atoms with Gasteiger partial charge in [-0.3, -0.25) is 28.8 Å². The van der Waals surface area contributed by atoms with Crippen molar-refractivity contribution in [3.63, 3.8) is 0 Å². The molecule has 0 aliphatic carbocycles. The minimum absolute atomic E-state index is 0.154. The van der Waals surface area contributed by atoms with Gasteiger partial charge in [-0.2, -0.15) is 0 Å². The highest BCUT2D eigenvalue weighted by Gasteiger charge is 2.35. The molecule has 2 aromatic rings. The number of benzene rings is 1. The lowest BCUT2D eigenvalue weighted by Crippen LogP contribution is -2.47. The van der Waals surface area contributed by atoms with Gasteiger partial charge in [-0.25, -0.2) is 9.59 Å². The number of nitrogens with zero attached hydrogens (tertiary/aromatic N) is 1. The molecule has 0 saturated carbocycles. The second-order valence-electron chi connectivity index (χ2n) is 12.1. The highest BCUT2D eigenvalue weighted by atomic mass is 16.5. The lowest BCUT2D eigenvalue weighted by atomic mass is 9.85. The number of rotatable bonds is 26. The second-order valence-corrected chi connectivity index (χ2v) is 12.1. The second kappa shape index (κ2) is 21.4. The van der Waals surface area contributed by atoms with E-state index in [0.29, 0.717) is 17.1 Å². The first kappa shape index (κ1) is 43.2. The summed E-state index contributed by atoms with van der Waals surface area (Å²) in [5, 5.41) is 49.6. The number of furan rings is 1. The third-order valence-electron chi connectivity index (χ3n) is 8.28. The number of nitrogens with two attached hydrogens (primary N) is 2. The van der Waals surface area contributed by atoms with Crippen LogP contribution in [0, 0.1) is 11.8 Å². The van der Waals surface area contributed by atoms with Crippen molar-refractivity contribution in [1.29, 1.82) is 0 Å². The first-order valence-electron chi connectivity index (χ1n) is 16.5. The number of primary amides is 1. The normalized spacial score (nSPS) is 13.2. The molecule has 0 aliphatic heterocycles. The maximum atomic E-state index is 13.4. The maximum absolute atomic E-state index is 13.4. The van der Waals surface area contributed by atoms with Crippen LogP contribution in [0.15, 0.2) is 41.0 Å². The molecule has 19 heteroatoms. The zero-order valence-corrected chi connectivity index (χ0v) is 28.7. The van der Waals surface area contributed by atoms with E-state index >= 15 is 0 Å². The number of ether oxygens (including phenoxy) is 1. The van der Waals surface area contributed by atoms with Crippen LogP contribution in [0.3, 0.4) is 0 Å². The third kappa shape index (κ3) is 15.0. The van der Waals surface area contributed by atoms with Gasteiger partial charge in [0.2, 0.25) is 17.7 Å². The Hall–Kier alpha value is -5.98. The van der Waals surface area contributed by atoms with Gasteiger partial charge in [-0.1, -0.05) is 12.1 Å². The predicted octanol–water partition coefficient (Wildman–Crippen LogP) is 0.803. The molecule has 1 aromatic heterocycles. The van der Waals surface area contributed by atoms with Crippen molar-refractivity contribution >= 4 is 47.6 Å². The van der Waals surface area contributed by atoms with Crippen molar-refractivity contribution in [3.05, 3.63) is 53.5 Å². The molecule has 10 N–H and O–H groups in total. The lowest BCUT2D eigenvalue weighted by Gasteiger charge is -2.29. The zero-order chi connectivity index (χ0) is 39.7. The molecule has 0 radical (unpaired) electrons. The number of nitrogens with one attached hydrogen (secondary N) is 1. The largest absolute Gasteiger partial charge is 0.489 e. The standard InChI is InChI=1S/C34H44N4O15/c35-16-22-15-20(18-53-22)17-52-21-3-1-19(2-4-21)13-14-38(26(34(50)51)8-9-27(36)39)29(41)11-7-25(33(48)49)37-28(40)10-5-23(31(44)45)24(32(46)47)6-12-30(42)43/h1-4,15,18,23-26H,5-14,16-17,35H2,(H2,36,39)(H,37,40)(H,42,43)(H,44,45)(H,46,47)(H,48,49)(H,50,51)/t23-,24+,25+,26+/m1/s1. The first-order valence-corrected chi connectivity index (χ1v) is 16.5. The Morgan fingerprint density at radius 2 is 1.38 bits per heavy atom. The number of hydrogen-bond donors (Lipinski definition) is 8. The van der Waals surface area contributed by atoms with Gasteiger partial charge in [0.15, 0.2) is 0 Å². The Kier molecular flexibility index (Phi) is 17.4. The van der Waals surface area contributed by atoms with Crippen LogP contribution in [0.2, 0.25) is 0 Å². The van der Waals surface area contributed by atoms with Crippen LogP contribution in [0.25, 0.3) is 0 Å². The van der Waals surface area contributed by atoms with Crippen molar-refractivity contribution in [1.82, 2.24) is 10.2 Å². The topological polar surface area (TPSA) is 327 Å². The Morgan fingerprint density at radius 3 is 1.89 bits per heavy atom. The Bertz CT molecular complexity index is 1610. The molecule has 1 aromatic carbocycles.